The molecule has 0 aromatic carbocycles. The van der Waals surface area contributed by atoms with E-state index in [0.717, 1.165) is 25.7 Å². The molecule has 1 amide bonds. The third-order valence-electron chi connectivity index (χ3n) is 6.77. The molecule has 0 radical (unpaired) electrons. The van der Waals surface area contributed by atoms with Gasteiger partial charge in [-0.05, 0) is 43.9 Å². The van der Waals surface area contributed by atoms with Crippen LogP contribution in [0.4, 0.5) is 0 Å². The smallest absolute Gasteiger partial charge is 0.311 e. The topological polar surface area (TPSA) is 69.6 Å². The number of carbonyl (C=O) groups excluding carboxylic acids is 1. The van der Waals surface area contributed by atoms with Gasteiger partial charge in [-0.15, -0.1) is 0 Å². The minimum absolute atomic E-state index is 0.0715. The van der Waals surface area contributed by atoms with E-state index in [0.29, 0.717) is 25.0 Å². The van der Waals surface area contributed by atoms with Gasteiger partial charge in [0, 0.05) is 19.1 Å². The van der Waals surface area contributed by atoms with Crippen LogP contribution in [0.15, 0.2) is 0 Å². The lowest BCUT2D eigenvalue weighted by Crippen LogP contribution is -2.46. The summed E-state index contributed by atoms with van der Waals surface area (Å²) in [6.07, 6.45) is 8.62. The first-order valence-corrected chi connectivity index (χ1v) is 8.88. The Morgan fingerprint density at radius 3 is 2.68 bits per heavy atom. The van der Waals surface area contributed by atoms with Crippen molar-refractivity contribution in [2.24, 2.45) is 17.3 Å². The molecule has 2 aliphatic carbocycles. The highest BCUT2D eigenvalue weighted by atomic mass is 16.4. The minimum atomic E-state index is -0.696. The van der Waals surface area contributed by atoms with Gasteiger partial charge in [-0.3, -0.25) is 9.59 Å². The molecule has 122 valence electrons. The lowest BCUT2D eigenvalue weighted by atomic mass is 9.81. The Hall–Kier alpha value is -1.10. The summed E-state index contributed by atoms with van der Waals surface area (Å²) in [5.74, 6) is 0.277. The Balaban J connectivity index is 1.45. The molecule has 2 saturated carbocycles. The summed E-state index contributed by atoms with van der Waals surface area (Å²) in [6.45, 7) is 1.08. The van der Waals surface area contributed by atoms with Crippen LogP contribution in [0.25, 0.3) is 0 Å². The summed E-state index contributed by atoms with van der Waals surface area (Å²) >= 11 is 0. The number of likely N-dealkylation sites (tertiary alicyclic amines) is 1. The van der Waals surface area contributed by atoms with Gasteiger partial charge in [-0.2, -0.15) is 0 Å². The van der Waals surface area contributed by atoms with Crippen LogP contribution in [0, 0.1) is 17.3 Å². The third-order valence-corrected chi connectivity index (χ3v) is 6.77. The highest BCUT2D eigenvalue weighted by Crippen LogP contribution is 2.49. The van der Waals surface area contributed by atoms with E-state index in [2.05, 4.69) is 5.32 Å². The molecule has 2 heterocycles. The number of carboxylic acid groups (broad SMARTS) is 1. The van der Waals surface area contributed by atoms with Crippen molar-refractivity contribution in [3.63, 3.8) is 0 Å². The molecule has 5 atom stereocenters. The molecule has 22 heavy (non-hydrogen) atoms. The number of nitrogens with zero attached hydrogens (tertiary/aromatic N) is 1. The third kappa shape index (κ3) is 2.08. The van der Waals surface area contributed by atoms with E-state index in [1.165, 1.54) is 25.7 Å². The molecule has 4 fully saturated rings. The number of nitrogens with one attached hydrogen (secondary N) is 1. The van der Waals surface area contributed by atoms with Crippen molar-refractivity contribution in [3.8, 4) is 0 Å². The fourth-order valence-electron chi connectivity index (χ4n) is 5.54. The van der Waals surface area contributed by atoms with Crippen LogP contribution in [-0.4, -0.2) is 47.1 Å². The molecule has 0 spiro atoms. The Labute approximate surface area is 131 Å². The molecular weight excluding hydrogens is 280 g/mol. The second-order valence-electron chi connectivity index (χ2n) is 7.88. The number of amides is 1. The maximum absolute atomic E-state index is 12.9. The Morgan fingerprint density at radius 1 is 1.14 bits per heavy atom. The summed E-state index contributed by atoms with van der Waals surface area (Å²) in [6, 6.07) is 0.441. The minimum Gasteiger partial charge on any atom is -0.481 e. The first-order valence-electron chi connectivity index (χ1n) is 8.88. The highest BCUT2D eigenvalue weighted by Gasteiger charge is 2.56. The van der Waals surface area contributed by atoms with Crippen LogP contribution in [0.3, 0.4) is 0 Å². The van der Waals surface area contributed by atoms with Crippen molar-refractivity contribution >= 4 is 11.9 Å². The van der Waals surface area contributed by atoms with Gasteiger partial charge in [0.2, 0.25) is 5.91 Å². The van der Waals surface area contributed by atoms with Gasteiger partial charge < -0.3 is 15.3 Å². The van der Waals surface area contributed by atoms with E-state index in [4.69, 9.17) is 0 Å². The van der Waals surface area contributed by atoms with Crippen LogP contribution in [-0.2, 0) is 9.59 Å². The number of carbonyl (C=O) groups is 2. The summed E-state index contributed by atoms with van der Waals surface area (Å²) < 4.78 is 0. The lowest BCUT2D eigenvalue weighted by Gasteiger charge is -2.25. The van der Waals surface area contributed by atoms with E-state index in [1.807, 2.05) is 4.90 Å². The van der Waals surface area contributed by atoms with Crippen molar-refractivity contribution in [1.29, 1.82) is 0 Å². The standard InChI is InChI=1S/C17H26N2O3/c20-15(14-8-11-4-1-2-6-13(11)18-14)19-9-12-5-3-7-17(12,10-19)16(21)22/h11-14,18H,1-10H2,(H,21,22)/t11-,12-,13-,14-,17+/m0/s1. The van der Waals surface area contributed by atoms with Gasteiger partial charge in [0.15, 0.2) is 0 Å². The molecule has 5 heteroatoms. The average molecular weight is 306 g/mol. The maximum atomic E-state index is 12.9. The van der Waals surface area contributed by atoms with Gasteiger partial charge in [-0.25, -0.2) is 0 Å². The molecule has 4 rings (SSSR count). The largest absolute Gasteiger partial charge is 0.481 e. The lowest BCUT2D eigenvalue weighted by molar-refractivity contribution is -0.149. The zero-order chi connectivity index (χ0) is 15.3. The van der Waals surface area contributed by atoms with E-state index in [9.17, 15) is 14.7 Å². The monoisotopic (exact) mass is 306 g/mol. The number of carboxylic acids is 1. The van der Waals surface area contributed by atoms with E-state index < -0.39 is 11.4 Å². The molecule has 2 aliphatic heterocycles. The molecule has 2 saturated heterocycles. The average Bonchev–Trinajstić information content (AvgIpc) is 3.17. The molecular formula is C17H26N2O3. The van der Waals surface area contributed by atoms with Crippen molar-refractivity contribution < 1.29 is 14.7 Å². The second kappa shape index (κ2) is 5.22. The van der Waals surface area contributed by atoms with E-state index in [-0.39, 0.29) is 17.9 Å². The van der Waals surface area contributed by atoms with Crippen LogP contribution in [0.1, 0.15) is 51.4 Å². The van der Waals surface area contributed by atoms with Crippen LogP contribution < -0.4 is 5.32 Å². The van der Waals surface area contributed by atoms with Gasteiger partial charge in [0.25, 0.3) is 0 Å². The zero-order valence-corrected chi connectivity index (χ0v) is 13.1. The molecule has 0 aromatic heterocycles. The van der Waals surface area contributed by atoms with Crippen LogP contribution >= 0.6 is 0 Å². The van der Waals surface area contributed by atoms with Crippen LogP contribution in [0.2, 0.25) is 0 Å². The van der Waals surface area contributed by atoms with Crippen molar-refractivity contribution in [2.75, 3.05) is 13.1 Å². The van der Waals surface area contributed by atoms with Crippen molar-refractivity contribution in [3.05, 3.63) is 0 Å². The summed E-state index contributed by atoms with van der Waals surface area (Å²) in [5, 5.41) is 13.2. The fraction of sp³-hybridized carbons (Fsp3) is 0.882. The molecule has 0 unspecified atom stereocenters. The number of rotatable bonds is 2. The first kappa shape index (κ1) is 14.5. The predicted octanol–water partition coefficient (Wildman–Crippen LogP) is 1.62. The number of hydrogen-bond donors (Lipinski definition) is 2. The highest BCUT2D eigenvalue weighted by molar-refractivity contribution is 5.85. The van der Waals surface area contributed by atoms with E-state index >= 15 is 0 Å². The normalized spacial score (nSPS) is 43.9. The van der Waals surface area contributed by atoms with Gasteiger partial charge >= 0.3 is 5.97 Å². The molecule has 4 aliphatic rings. The molecule has 5 nitrogen and oxygen atoms in total. The van der Waals surface area contributed by atoms with Crippen molar-refractivity contribution in [2.45, 2.75) is 63.5 Å². The Kier molecular flexibility index (Phi) is 3.44. The Bertz CT molecular complexity index is 480. The zero-order valence-electron chi connectivity index (χ0n) is 13.1. The van der Waals surface area contributed by atoms with E-state index in [1.54, 1.807) is 0 Å². The predicted molar refractivity (Wildman–Crippen MR) is 81.3 cm³/mol. The quantitative estimate of drug-likeness (QED) is 0.813. The maximum Gasteiger partial charge on any atom is 0.311 e. The first-order chi connectivity index (χ1) is 10.6. The number of aliphatic carboxylic acids is 1. The van der Waals surface area contributed by atoms with Gasteiger partial charge in [-0.1, -0.05) is 19.3 Å². The second-order valence-corrected chi connectivity index (χ2v) is 7.88. The van der Waals surface area contributed by atoms with Crippen LogP contribution in [0.5, 0.6) is 0 Å². The van der Waals surface area contributed by atoms with Gasteiger partial charge in [0.1, 0.15) is 0 Å². The molecule has 0 aromatic rings. The van der Waals surface area contributed by atoms with Gasteiger partial charge in [0.05, 0.1) is 11.5 Å². The molecule has 0 bridgehead atoms. The fourth-order valence-corrected chi connectivity index (χ4v) is 5.54. The summed E-state index contributed by atoms with van der Waals surface area (Å²) in [4.78, 5) is 26.5. The number of fused-ring (bicyclic) bond motifs is 2. The molecule has 2 N–H and O–H groups in total. The number of hydrogen-bond acceptors (Lipinski definition) is 3. The Morgan fingerprint density at radius 2 is 1.95 bits per heavy atom. The van der Waals surface area contributed by atoms with Crippen molar-refractivity contribution in [1.82, 2.24) is 10.2 Å². The summed E-state index contributed by atoms with van der Waals surface area (Å²) in [5.41, 5.74) is -0.652. The summed E-state index contributed by atoms with van der Waals surface area (Å²) in [7, 11) is 0. The SMILES string of the molecule is O=C([C@@H]1C[C@@H]2CCCC[C@@H]2N1)N1C[C@@H]2CCC[C@@]2(C(=O)O)C1.